The molecular weight excluding hydrogens is 354 g/mol. The van der Waals surface area contributed by atoms with Crippen molar-refractivity contribution in [2.24, 2.45) is 5.73 Å². The van der Waals surface area contributed by atoms with Crippen molar-refractivity contribution in [2.75, 3.05) is 13.1 Å². The third-order valence-electron chi connectivity index (χ3n) is 4.27. The molecule has 142 valence electrons. The molecule has 1 aliphatic rings. The molecule has 1 amide bonds. The van der Waals surface area contributed by atoms with Crippen molar-refractivity contribution in [1.82, 2.24) is 19.9 Å². The Morgan fingerprint density at radius 2 is 2.04 bits per heavy atom. The Kier molecular flexibility index (Phi) is 6.61. The van der Waals surface area contributed by atoms with Crippen LogP contribution in [-0.4, -0.2) is 51.0 Å². The molecule has 0 spiro atoms. The molecule has 0 bridgehead atoms. The van der Waals surface area contributed by atoms with Crippen molar-refractivity contribution < 1.29 is 9.53 Å². The van der Waals surface area contributed by atoms with E-state index in [1.54, 1.807) is 9.58 Å². The van der Waals surface area contributed by atoms with E-state index in [4.69, 9.17) is 10.5 Å². The molecule has 1 saturated heterocycles. The van der Waals surface area contributed by atoms with Gasteiger partial charge in [0.2, 0.25) is 0 Å². The number of rotatable bonds is 5. The zero-order valence-corrected chi connectivity index (χ0v) is 16.2. The maximum Gasteiger partial charge on any atom is 0.276 e. The number of amides is 1. The molecule has 2 heterocycles. The van der Waals surface area contributed by atoms with Crippen LogP contribution in [0.1, 0.15) is 43.4 Å². The molecule has 1 atom stereocenters. The Bertz CT molecular complexity index is 745. The van der Waals surface area contributed by atoms with Gasteiger partial charge in [0.1, 0.15) is 5.75 Å². The number of carbonyl (C=O) groups excluding carboxylic acids is 1. The fraction of sp³-hybridized carbons (Fsp3) is 0.500. The van der Waals surface area contributed by atoms with Crippen LogP contribution in [-0.2, 0) is 6.42 Å². The van der Waals surface area contributed by atoms with E-state index in [9.17, 15) is 4.79 Å². The second kappa shape index (κ2) is 8.51. The topological polar surface area (TPSA) is 86.3 Å². The smallest absolute Gasteiger partial charge is 0.276 e. The number of nitrogens with two attached hydrogens (primary N) is 1. The van der Waals surface area contributed by atoms with Crippen molar-refractivity contribution in [1.29, 1.82) is 0 Å². The number of carbonyl (C=O) groups is 1. The highest BCUT2D eigenvalue weighted by Gasteiger charge is 2.29. The van der Waals surface area contributed by atoms with E-state index in [1.807, 2.05) is 45.0 Å². The summed E-state index contributed by atoms with van der Waals surface area (Å²) in [5, 5.41) is 8.36. The van der Waals surface area contributed by atoms with Crippen molar-refractivity contribution >= 4 is 18.3 Å². The second-order valence-electron chi connectivity index (χ2n) is 6.61. The second-order valence-corrected chi connectivity index (χ2v) is 6.61. The number of hydrogen-bond donors (Lipinski definition) is 1. The van der Waals surface area contributed by atoms with Gasteiger partial charge < -0.3 is 15.4 Å². The highest BCUT2D eigenvalue weighted by molar-refractivity contribution is 5.93. The number of halogens is 1. The lowest BCUT2D eigenvalue weighted by Crippen LogP contribution is -2.32. The van der Waals surface area contributed by atoms with Gasteiger partial charge in [-0.25, -0.2) is 4.68 Å². The molecule has 1 aliphatic heterocycles. The maximum atomic E-state index is 12.7. The van der Waals surface area contributed by atoms with Crippen LogP contribution < -0.4 is 10.5 Å². The highest BCUT2D eigenvalue weighted by Crippen LogP contribution is 2.20. The lowest BCUT2D eigenvalue weighted by molar-refractivity contribution is 0.0784. The van der Waals surface area contributed by atoms with Crippen molar-refractivity contribution in [3.63, 3.8) is 0 Å². The van der Waals surface area contributed by atoms with Gasteiger partial charge in [0.25, 0.3) is 5.91 Å². The van der Waals surface area contributed by atoms with E-state index in [-0.39, 0.29) is 30.5 Å². The van der Waals surface area contributed by atoms with Gasteiger partial charge in [-0.15, -0.1) is 17.5 Å². The Balaban J connectivity index is 0.00000243. The van der Waals surface area contributed by atoms with Crippen molar-refractivity contribution in [3.8, 4) is 11.4 Å². The lowest BCUT2D eigenvalue weighted by atomic mass is 10.2. The average Bonchev–Trinajstić information content (AvgIpc) is 3.20. The van der Waals surface area contributed by atoms with Gasteiger partial charge in [-0.05, 0) is 51.0 Å². The molecule has 0 aliphatic carbocycles. The first kappa shape index (κ1) is 20.2. The van der Waals surface area contributed by atoms with Gasteiger partial charge >= 0.3 is 0 Å². The number of nitrogens with zero attached hydrogens (tertiary/aromatic N) is 4. The Labute approximate surface area is 159 Å². The summed E-state index contributed by atoms with van der Waals surface area (Å²) in [7, 11) is 0. The van der Waals surface area contributed by atoms with E-state index in [0.29, 0.717) is 25.2 Å². The van der Waals surface area contributed by atoms with Gasteiger partial charge in [-0.2, -0.15) is 0 Å². The molecular formula is C18H26ClN5O2. The predicted octanol–water partition coefficient (Wildman–Crippen LogP) is 2.21. The van der Waals surface area contributed by atoms with Gasteiger partial charge in [-0.1, -0.05) is 12.1 Å². The fourth-order valence-corrected chi connectivity index (χ4v) is 3.05. The van der Waals surface area contributed by atoms with E-state index >= 15 is 0 Å². The molecule has 1 aromatic heterocycles. The molecule has 0 saturated carbocycles. The summed E-state index contributed by atoms with van der Waals surface area (Å²) in [6, 6.07) is 7.70. The summed E-state index contributed by atoms with van der Waals surface area (Å²) in [6.45, 7) is 7.23. The van der Waals surface area contributed by atoms with Gasteiger partial charge in [0, 0.05) is 19.1 Å². The predicted molar refractivity (Wildman–Crippen MR) is 102 cm³/mol. The Hall–Kier alpha value is -2.12. The third-order valence-corrected chi connectivity index (χ3v) is 4.27. The van der Waals surface area contributed by atoms with E-state index < -0.39 is 0 Å². The van der Waals surface area contributed by atoms with Crippen molar-refractivity contribution in [3.05, 3.63) is 35.7 Å². The first-order valence-electron chi connectivity index (χ1n) is 8.76. The summed E-state index contributed by atoms with van der Waals surface area (Å²) in [4.78, 5) is 14.5. The molecule has 26 heavy (non-hydrogen) atoms. The molecule has 0 radical (unpaired) electrons. The van der Waals surface area contributed by atoms with Gasteiger partial charge in [-0.3, -0.25) is 4.79 Å². The molecule has 7 nitrogen and oxygen atoms in total. The van der Waals surface area contributed by atoms with Gasteiger partial charge in [0.05, 0.1) is 17.5 Å². The maximum absolute atomic E-state index is 12.7. The molecule has 3 rings (SSSR count). The molecule has 8 heteroatoms. The van der Waals surface area contributed by atoms with Crippen LogP contribution in [0.25, 0.3) is 5.69 Å². The molecule has 0 unspecified atom stereocenters. The van der Waals surface area contributed by atoms with Crippen molar-refractivity contribution in [2.45, 2.75) is 45.8 Å². The van der Waals surface area contributed by atoms with Crippen LogP contribution in [0.4, 0.5) is 0 Å². The lowest BCUT2D eigenvalue weighted by Gasteiger charge is -2.15. The largest absolute Gasteiger partial charge is 0.491 e. The van der Waals surface area contributed by atoms with Gasteiger partial charge in [0.15, 0.2) is 5.69 Å². The number of likely N-dealkylation sites (tertiary alicyclic amines) is 1. The minimum Gasteiger partial charge on any atom is -0.491 e. The van der Waals surface area contributed by atoms with Crippen LogP contribution in [0.5, 0.6) is 5.75 Å². The van der Waals surface area contributed by atoms with Crippen LogP contribution in [0.3, 0.4) is 0 Å². The van der Waals surface area contributed by atoms with E-state index in [1.165, 1.54) is 0 Å². The zero-order valence-electron chi connectivity index (χ0n) is 15.4. The summed E-state index contributed by atoms with van der Waals surface area (Å²) in [6.07, 6.45) is 1.62. The minimum atomic E-state index is -0.0872. The monoisotopic (exact) mass is 379 g/mol. The number of ether oxygens (including phenoxy) is 1. The van der Waals surface area contributed by atoms with Crippen LogP contribution in [0.15, 0.2) is 24.3 Å². The summed E-state index contributed by atoms with van der Waals surface area (Å²) < 4.78 is 7.39. The summed E-state index contributed by atoms with van der Waals surface area (Å²) in [5.41, 5.74) is 7.99. The number of aromatic nitrogens is 3. The van der Waals surface area contributed by atoms with E-state index in [0.717, 1.165) is 23.6 Å². The highest BCUT2D eigenvalue weighted by atomic mass is 35.5. The Morgan fingerprint density at radius 3 is 2.58 bits per heavy atom. The van der Waals surface area contributed by atoms with Crippen LogP contribution in [0.2, 0.25) is 0 Å². The minimum absolute atomic E-state index is 0. The summed E-state index contributed by atoms with van der Waals surface area (Å²) >= 11 is 0. The number of benzene rings is 1. The quantitative estimate of drug-likeness (QED) is 0.860. The molecule has 1 aromatic carbocycles. The third kappa shape index (κ3) is 4.16. The normalized spacial score (nSPS) is 16.7. The Morgan fingerprint density at radius 1 is 1.35 bits per heavy atom. The first-order valence-corrected chi connectivity index (χ1v) is 8.76. The zero-order chi connectivity index (χ0) is 18.0. The fourth-order valence-electron chi connectivity index (χ4n) is 3.05. The first-order chi connectivity index (χ1) is 12.0. The van der Waals surface area contributed by atoms with Crippen LogP contribution >= 0.6 is 12.4 Å². The standard InChI is InChI=1S/C18H25N5O2.ClH/c1-4-16-17(18(24)22-10-9-13(19)11-22)20-21-23(16)14-5-7-15(8-6-14)25-12(2)3;/h5-8,12-13H,4,9-11,19H2,1-3H3;1H/t13-;/m1./s1. The summed E-state index contributed by atoms with van der Waals surface area (Å²) in [5.74, 6) is 0.718. The SMILES string of the molecule is CCc1c(C(=O)N2CC[C@@H](N)C2)nnn1-c1ccc(OC(C)C)cc1.Cl. The molecule has 1 fully saturated rings. The molecule has 2 N–H and O–H groups in total. The number of hydrogen-bond acceptors (Lipinski definition) is 5. The van der Waals surface area contributed by atoms with E-state index in [2.05, 4.69) is 10.3 Å². The van der Waals surface area contributed by atoms with Crippen LogP contribution in [0, 0.1) is 0 Å². The molecule has 2 aromatic rings. The average molecular weight is 380 g/mol.